The van der Waals surface area contributed by atoms with E-state index in [1.807, 2.05) is 0 Å². The molecule has 4 heterocycles. The van der Waals surface area contributed by atoms with E-state index in [1.165, 1.54) is 59.2 Å². The number of hydrogen-bond acceptors (Lipinski definition) is 3. The molecule has 0 fully saturated rings. The number of fused-ring (bicyclic) bond motifs is 11. The van der Waals surface area contributed by atoms with Crippen molar-refractivity contribution in [1.29, 1.82) is 0 Å². The van der Waals surface area contributed by atoms with Gasteiger partial charge in [-0.1, -0.05) is 104 Å². The van der Waals surface area contributed by atoms with E-state index in [9.17, 15) is 0 Å². The van der Waals surface area contributed by atoms with E-state index in [1.54, 1.807) is 11.8 Å². The number of aromatic nitrogens is 4. The summed E-state index contributed by atoms with van der Waals surface area (Å²) in [6.07, 6.45) is 5.75. The normalized spacial score (nSPS) is 15.1. The smallest absolute Gasteiger partial charge is 0.235 e. The zero-order valence-corrected chi connectivity index (χ0v) is 27.0. The van der Waals surface area contributed by atoms with Crippen LogP contribution in [0.4, 0.5) is 0 Å². The molecule has 6 aromatic carbocycles. The molecular formula is C43H28N4S. The first-order valence-corrected chi connectivity index (χ1v) is 17.4. The molecule has 5 heteroatoms. The first-order chi connectivity index (χ1) is 23.7. The molecule has 4 nitrogen and oxygen atoms in total. The molecule has 0 N–H and O–H groups in total. The molecule has 2 aliphatic rings. The second-order valence-electron chi connectivity index (χ2n) is 13.0. The lowest BCUT2D eigenvalue weighted by molar-refractivity contribution is 0.723. The molecule has 9 aromatic rings. The van der Waals surface area contributed by atoms with E-state index >= 15 is 0 Å². The van der Waals surface area contributed by atoms with Crippen LogP contribution in [0.15, 0.2) is 137 Å². The highest BCUT2D eigenvalue weighted by Crippen LogP contribution is 2.48. The van der Waals surface area contributed by atoms with E-state index in [0.29, 0.717) is 11.9 Å². The van der Waals surface area contributed by atoms with Crippen molar-refractivity contribution in [2.24, 2.45) is 0 Å². The van der Waals surface area contributed by atoms with Gasteiger partial charge < -0.3 is 4.57 Å². The second kappa shape index (κ2) is 9.69. The molecule has 48 heavy (non-hydrogen) atoms. The average Bonchev–Trinajstić information content (AvgIpc) is 3.66. The molecule has 0 bridgehead atoms. The molecule has 1 aliphatic carbocycles. The largest absolute Gasteiger partial charge is 0.313 e. The van der Waals surface area contributed by atoms with Gasteiger partial charge in [-0.3, -0.25) is 4.57 Å². The highest BCUT2D eigenvalue weighted by atomic mass is 32.2. The van der Waals surface area contributed by atoms with Crippen molar-refractivity contribution in [2.75, 3.05) is 0 Å². The Balaban J connectivity index is 1.30. The Kier molecular flexibility index (Phi) is 5.33. The third-order valence-corrected chi connectivity index (χ3v) is 11.5. The Morgan fingerprint density at radius 3 is 2.29 bits per heavy atom. The van der Waals surface area contributed by atoms with Crippen molar-refractivity contribution < 1.29 is 0 Å². The fourth-order valence-corrected chi connectivity index (χ4v) is 9.43. The van der Waals surface area contributed by atoms with E-state index in [4.69, 9.17) is 9.97 Å². The van der Waals surface area contributed by atoms with Crippen LogP contribution in [0.5, 0.6) is 0 Å². The minimum absolute atomic E-state index is 0.405. The predicted octanol–water partition coefficient (Wildman–Crippen LogP) is 11.5. The number of para-hydroxylation sites is 2. The Labute approximate surface area is 281 Å². The second-order valence-corrected chi connectivity index (χ2v) is 14.1. The summed E-state index contributed by atoms with van der Waals surface area (Å²) < 4.78 is 4.79. The van der Waals surface area contributed by atoms with Crippen molar-refractivity contribution in [3.63, 3.8) is 0 Å². The third-order valence-electron chi connectivity index (χ3n) is 10.3. The monoisotopic (exact) mass is 632 g/mol. The molecule has 0 saturated carbocycles. The average molecular weight is 633 g/mol. The fraction of sp³-hybridized carbons (Fsp3) is 0.0698. The quantitative estimate of drug-likeness (QED) is 0.190. The van der Waals surface area contributed by atoms with Crippen LogP contribution in [0, 0.1) is 0 Å². The van der Waals surface area contributed by atoms with Crippen molar-refractivity contribution in [3.05, 3.63) is 139 Å². The van der Waals surface area contributed by atoms with E-state index < -0.39 is 0 Å². The van der Waals surface area contributed by atoms with Crippen LogP contribution in [0.3, 0.4) is 0 Å². The van der Waals surface area contributed by atoms with Gasteiger partial charge in [-0.2, -0.15) is 0 Å². The lowest BCUT2D eigenvalue weighted by atomic mass is 9.91. The van der Waals surface area contributed by atoms with Crippen LogP contribution >= 0.6 is 11.8 Å². The SMILES string of the molecule is C[C@@H]1CC=Cc2c1n(-c1ccccc1)c1ccc3ccc4c(c5ccccc5n4-c4nc5c6c(cccc6n4)Sc4ccccc4-5)c3c21. The van der Waals surface area contributed by atoms with Crippen molar-refractivity contribution in [3.8, 4) is 22.9 Å². The number of nitrogens with zero attached hydrogens (tertiary/aromatic N) is 4. The van der Waals surface area contributed by atoms with Gasteiger partial charge >= 0.3 is 0 Å². The molecular weight excluding hydrogens is 605 g/mol. The molecule has 0 amide bonds. The summed E-state index contributed by atoms with van der Waals surface area (Å²) in [4.78, 5) is 13.1. The fourth-order valence-electron chi connectivity index (χ4n) is 8.32. The lowest BCUT2D eigenvalue weighted by Gasteiger charge is -2.20. The predicted molar refractivity (Wildman–Crippen MR) is 200 cm³/mol. The van der Waals surface area contributed by atoms with Gasteiger partial charge in [0.25, 0.3) is 0 Å². The topological polar surface area (TPSA) is 35.6 Å². The molecule has 0 saturated heterocycles. The Hall–Kier alpha value is -5.65. The molecule has 0 unspecified atom stereocenters. The maximum absolute atomic E-state index is 5.41. The summed E-state index contributed by atoms with van der Waals surface area (Å²) in [5.74, 6) is 1.11. The first kappa shape index (κ1) is 26.4. The van der Waals surface area contributed by atoms with Gasteiger partial charge in [-0.15, -0.1) is 0 Å². The van der Waals surface area contributed by atoms with Gasteiger partial charge in [-0.05, 0) is 60.3 Å². The van der Waals surface area contributed by atoms with Gasteiger partial charge in [0.15, 0.2) is 0 Å². The van der Waals surface area contributed by atoms with Gasteiger partial charge in [0, 0.05) is 65.1 Å². The van der Waals surface area contributed by atoms with Crippen molar-refractivity contribution in [1.82, 2.24) is 19.1 Å². The van der Waals surface area contributed by atoms with Crippen LogP contribution < -0.4 is 0 Å². The van der Waals surface area contributed by atoms with Gasteiger partial charge in [-0.25, -0.2) is 9.97 Å². The summed E-state index contributed by atoms with van der Waals surface area (Å²) in [5.41, 5.74) is 10.5. The Morgan fingerprint density at radius 1 is 0.625 bits per heavy atom. The van der Waals surface area contributed by atoms with E-state index in [0.717, 1.165) is 39.6 Å². The van der Waals surface area contributed by atoms with Gasteiger partial charge in [0.1, 0.15) is 0 Å². The standard InChI is InChI=1S/C43H28N4S/c1-25-11-9-16-30-39-33(46(42(25)30)27-12-3-2-4-13-27)23-21-26-22-24-34-38(37(26)39)28-14-5-7-18-32(28)47(34)43-44-31-17-10-20-36-40(31)41(45-43)29-15-6-8-19-35(29)48-36/h2-10,12-25H,11H2,1H3/t25-/m1/s1. The van der Waals surface area contributed by atoms with E-state index in [2.05, 4.69) is 150 Å². The highest BCUT2D eigenvalue weighted by molar-refractivity contribution is 7.99. The number of benzene rings is 6. The molecule has 3 aromatic heterocycles. The van der Waals surface area contributed by atoms with Gasteiger partial charge in [0.05, 0.1) is 27.8 Å². The highest BCUT2D eigenvalue weighted by Gasteiger charge is 2.28. The zero-order valence-electron chi connectivity index (χ0n) is 26.2. The van der Waals surface area contributed by atoms with Crippen LogP contribution in [-0.4, -0.2) is 19.1 Å². The molecule has 226 valence electrons. The minimum atomic E-state index is 0.405. The molecule has 0 spiro atoms. The number of hydrogen-bond donors (Lipinski definition) is 0. The van der Waals surface area contributed by atoms with Crippen LogP contribution in [-0.2, 0) is 0 Å². The molecule has 11 rings (SSSR count). The van der Waals surface area contributed by atoms with Gasteiger partial charge in [0.2, 0.25) is 5.95 Å². The minimum Gasteiger partial charge on any atom is -0.313 e. The van der Waals surface area contributed by atoms with Crippen LogP contribution in [0.1, 0.15) is 30.5 Å². The lowest BCUT2D eigenvalue weighted by Crippen LogP contribution is -2.06. The summed E-state index contributed by atoms with van der Waals surface area (Å²) in [6, 6.07) is 43.8. The summed E-state index contributed by atoms with van der Waals surface area (Å²) >= 11 is 1.80. The third kappa shape index (κ3) is 3.46. The van der Waals surface area contributed by atoms with Crippen LogP contribution in [0.2, 0.25) is 0 Å². The molecule has 1 atom stereocenters. The molecule has 0 radical (unpaired) electrons. The van der Waals surface area contributed by atoms with Crippen molar-refractivity contribution in [2.45, 2.75) is 29.1 Å². The zero-order chi connectivity index (χ0) is 31.5. The summed E-state index contributed by atoms with van der Waals surface area (Å²) in [6.45, 7) is 2.36. The van der Waals surface area contributed by atoms with Crippen LogP contribution in [0.25, 0.3) is 83.4 Å². The maximum Gasteiger partial charge on any atom is 0.235 e. The Bertz CT molecular complexity index is 2860. The summed E-state index contributed by atoms with van der Waals surface area (Å²) in [5, 5.41) is 7.43. The number of rotatable bonds is 2. The summed E-state index contributed by atoms with van der Waals surface area (Å²) in [7, 11) is 0. The van der Waals surface area contributed by atoms with E-state index in [-0.39, 0.29) is 0 Å². The van der Waals surface area contributed by atoms with Crippen molar-refractivity contribution >= 4 is 72.2 Å². The molecule has 1 aliphatic heterocycles. The Morgan fingerprint density at radius 2 is 1.40 bits per heavy atom. The first-order valence-electron chi connectivity index (χ1n) is 16.6. The maximum atomic E-state index is 5.41. The number of allylic oxidation sites excluding steroid dienone is 1.